The average Bonchev–Trinajstić information content (AvgIpc) is 2.81. The van der Waals surface area contributed by atoms with E-state index in [-0.39, 0.29) is 0 Å². The van der Waals surface area contributed by atoms with Gasteiger partial charge in [0.1, 0.15) is 6.29 Å². The van der Waals surface area contributed by atoms with Crippen molar-refractivity contribution in [3.8, 4) is 0 Å². The monoisotopic (exact) mass is 453 g/mol. The molecular formula is C27H39N3OS. The lowest BCUT2D eigenvalue weighted by Crippen LogP contribution is -2.08. The van der Waals surface area contributed by atoms with Crippen LogP contribution in [0.3, 0.4) is 0 Å². The minimum Gasteiger partial charge on any atom is -0.388 e. The Balaban J connectivity index is 0.000000626. The van der Waals surface area contributed by atoms with Gasteiger partial charge in [-0.1, -0.05) is 62.6 Å². The highest BCUT2D eigenvalue weighted by atomic mass is 32.2. The molecule has 0 aliphatic heterocycles. The second-order valence-electron chi connectivity index (χ2n) is 6.80. The fraction of sp³-hybridized carbons (Fsp3) is 0.296. The van der Waals surface area contributed by atoms with Gasteiger partial charge in [-0.15, -0.1) is 0 Å². The summed E-state index contributed by atoms with van der Waals surface area (Å²) in [7, 11) is 7.81. The van der Waals surface area contributed by atoms with Crippen LogP contribution >= 0.6 is 11.8 Å². The number of hydrogen-bond acceptors (Lipinski definition) is 5. The Morgan fingerprint density at radius 2 is 1.78 bits per heavy atom. The maximum Gasteiger partial charge on any atom is 0.150 e. The zero-order valence-electron chi connectivity index (χ0n) is 20.7. The Hall–Kier alpha value is -2.92. The molecule has 1 aromatic rings. The van der Waals surface area contributed by atoms with Gasteiger partial charge in [-0.2, -0.15) is 0 Å². The second kappa shape index (κ2) is 16.7. The molecule has 1 aliphatic rings. The SMILES string of the molecule is C=CSC(=C)/C(=C/C(C=O)=C1/C=C(C)C=CC1)NC.CC.CNc1ccc(N(C)C)cc1. The van der Waals surface area contributed by atoms with Crippen molar-refractivity contribution in [2.75, 3.05) is 38.4 Å². The highest BCUT2D eigenvalue weighted by molar-refractivity contribution is 8.06. The lowest BCUT2D eigenvalue weighted by molar-refractivity contribution is -0.104. The van der Waals surface area contributed by atoms with Gasteiger partial charge < -0.3 is 15.5 Å². The maximum atomic E-state index is 11.3. The third-order valence-corrected chi connectivity index (χ3v) is 5.06. The number of benzene rings is 1. The Kier molecular flexibility index (Phi) is 15.2. The average molecular weight is 454 g/mol. The molecule has 0 saturated carbocycles. The maximum absolute atomic E-state index is 11.3. The molecule has 0 heterocycles. The minimum atomic E-state index is 0.680. The van der Waals surface area contributed by atoms with E-state index < -0.39 is 0 Å². The van der Waals surface area contributed by atoms with Crippen LogP contribution < -0.4 is 15.5 Å². The number of carbonyl (C=O) groups is 1. The molecule has 0 atom stereocenters. The largest absolute Gasteiger partial charge is 0.388 e. The van der Waals surface area contributed by atoms with E-state index in [2.05, 4.69) is 65.1 Å². The lowest BCUT2D eigenvalue weighted by Gasteiger charge is -2.12. The van der Waals surface area contributed by atoms with E-state index >= 15 is 0 Å². The molecule has 4 nitrogen and oxygen atoms in total. The molecule has 1 aromatic carbocycles. The molecule has 0 aromatic heterocycles. The van der Waals surface area contributed by atoms with Crippen LogP contribution in [0.5, 0.6) is 0 Å². The lowest BCUT2D eigenvalue weighted by atomic mass is 9.98. The van der Waals surface area contributed by atoms with Gasteiger partial charge in [0, 0.05) is 55.7 Å². The van der Waals surface area contributed by atoms with Crippen molar-refractivity contribution in [1.29, 1.82) is 0 Å². The first kappa shape index (κ1) is 29.1. The van der Waals surface area contributed by atoms with Crippen LogP contribution in [0.25, 0.3) is 0 Å². The third-order valence-electron chi connectivity index (χ3n) is 4.39. The van der Waals surface area contributed by atoms with Gasteiger partial charge in [-0.3, -0.25) is 4.79 Å². The predicted octanol–water partition coefficient (Wildman–Crippen LogP) is 6.70. The standard InChI is InChI=1S/C16H19NOS.C9H14N2.C2H6/c1-5-19-13(3)16(17-4)10-15(11-18)14-8-6-7-12(2)9-14;1-10-8-4-6-9(7-5-8)11(2)3;1-2/h5-7,9-11,17H,1,3,8H2,2,4H3;4-7,10H,1-3H3;1-2H3/b15-14-,16-10-;;. The fourth-order valence-electron chi connectivity index (χ4n) is 2.70. The first-order valence-corrected chi connectivity index (χ1v) is 11.6. The normalized spacial score (nSPS) is 13.8. The van der Waals surface area contributed by atoms with E-state index in [4.69, 9.17) is 0 Å². The van der Waals surface area contributed by atoms with Gasteiger partial charge in [0.05, 0.1) is 0 Å². The predicted molar refractivity (Wildman–Crippen MR) is 146 cm³/mol. The Labute approximate surface area is 199 Å². The van der Waals surface area contributed by atoms with E-state index in [0.717, 1.165) is 40.1 Å². The summed E-state index contributed by atoms with van der Waals surface area (Å²) in [5.41, 5.74) is 6.07. The number of anilines is 2. The van der Waals surface area contributed by atoms with Crippen LogP contribution in [0.2, 0.25) is 0 Å². The summed E-state index contributed by atoms with van der Waals surface area (Å²) in [6.07, 6.45) is 9.66. The molecule has 1 aliphatic carbocycles. The molecule has 0 spiro atoms. The number of nitrogens with one attached hydrogen (secondary N) is 2. The quantitative estimate of drug-likeness (QED) is 0.260. The first-order valence-electron chi connectivity index (χ1n) is 10.7. The Bertz CT molecular complexity index is 859. The number of allylic oxidation sites excluding steroid dienone is 7. The Morgan fingerprint density at radius 3 is 2.22 bits per heavy atom. The van der Waals surface area contributed by atoms with Crippen molar-refractivity contribution in [2.45, 2.75) is 27.2 Å². The van der Waals surface area contributed by atoms with Crippen molar-refractivity contribution in [1.82, 2.24) is 5.32 Å². The van der Waals surface area contributed by atoms with E-state index in [1.54, 1.807) is 5.41 Å². The summed E-state index contributed by atoms with van der Waals surface area (Å²) in [4.78, 5) is 14.2. The van der Waals surface area contributed by atoms with Crippen LogP contribution in [0, 0.1) is 0 Å². The van der Waals surface area contributed by atoms with Gasteiger partial charge >= 0.3 is 0 Å². The summed E-state index contributed by atoms with van der Waals surface area (Å²) in [5.74, 6) is 0. The number of hydrogen-bond donors (Lipinski definition) is 2. The second-order valence-corrected chi connectivity index (χ2v) is 7.86. The topological polar surface area (TPSA) is 44.4 Å². The van der Waals surface area contributed by atoms with Crippen LogP contribution in [0.15, 0.2) is 94.5 Å². The summed E-state index contributed by atoms with van der Waals surface area (Å²) in [6.45, 7) is 13.6. The number of nitrogens with zero attached hydrogens (tertiary/aromatic N) is 1. The van der Waals surface area contributed by atoms with Crippen molar-refractivity contribution in [3.63, 3.8) is 0 Å². The van der Waals surface area contributed by atoms with Gasteiger partial charge in [0.15, 0.2) is 0 Å². The molecule has 2 rings (SSSR count). The number of carbonyl (C=O) groups excluding carboxylic acids is 1. The zero-order valence-corrected chi connectivity index (χ0v) is 21.5. The van der Waals surface area contributed by atoms with Crippen molar-refractivity contribution in [3.05, 3.63) is 94.5 Å². The molecule has 0 fully saturated rings. The van der Waals surface area contributed by atoms with E-state index in [1.165, 1.54) is 17.4 Å². The molecular weight excluding hydrogens is 414 g/mol. The highest BCUT2D eigenvalue weighted by Gasteiger charge is 2.07. The smallest absolute Gasteiger partial charge is 0.150 e. The van der Waals surface area contributed by atoms with Crippen LogP contribution in [-0.4, -0.2) is 34.5 Å². The molecule has 0 amide bonds. The van der Waals surface area contributed by atoms with E-state index in [1.807, 2.05) is 61.1 Å². The van der Waals surface area contributed by atoms with Crippen molar-refractivity contribution in [2.24, 2.45) is 0 Å². The minimum absolute atomic E-state index is 0.680. The Morgan fingerprint density at radius 1 is 1.16 bits per heavy atom. The van der Waals surface area contributed by atoms with Crippen LogP contribution in [-0.2, 0) is 4.79 Å². The molecule has 0 radical (unpaired) electrons. The van der Waals surface area contributed by atoms with Crippen LogP contribution in [0.4, 0.5) is 11.4 Å². The number of thioether (sulfide) groups is 1. The fourth-order valence-corrected chi connectivity index (χ4v) is 3.18. The molecule has 174 valence electrons. The van der Waals surface area contributed by atoms with Crippen molar-refractivity contribution < 1.29 is 4.79 Å². The van der Waals surface area contributed by atoms with Crippen LogP contribution in [0.1, 0.15) is 27.2 Å². The van der Waals surface area contributed by atoms with Gasteiger partial charge in [-0.05, 0) is 54.7 Å². The summed E-state index contributed by atoms with van der Waals surface area (Å²) >= 11 is 1.43. The summed E-state index contributed by atoms with van der Waals surface area (Å²) < 4.78 is 0. The van der Waals surface area contributed by atoms with Gasteiger partial charge in [0.25, 0.3) is 0 Å². The van der Waals surface area contributed by atoms with E-state index in [0.29, 0.717) is 5.57 Å². The third kappa shape index (κ3) is 10.4. The highest BCUT2D eigenvalue weighted by Crippen LogP contribution is 2.24. The van der Waals surface area contributed by atoms with Gasteiger partial charge in [-0.25, -0.2) is 0 Å². The van der Waals surface area contributed by atoms with Crippen molar-refractivity contribution >= 4 is 29.4 Å². The summed E-state index contributed by atoms with van der Waals surface area (Å²) in [5, 5.41) is 7.85. The molecule has 0 unspecified atom stereocenters. The molecule has 2 N–H and O–H groups in total. The van der Waals surface area contributed by atoms with Gasteiger partial charge in [0.2, 0.25) is 0 Å². The molecule has 0 bridgehead atoms. The molecule has 0 saturated heterocycles. The summed E-state index contributed by atoms with van der Waals surface area (Å²) in [6, 6.07) is 8.31. The number of rotatable bonds is 8. The first-order chi connectivity index (χ1) is 15.4. The molecule has 32 heavy (non-hydrogen) atoms. The molecule has 5 heteroatoms. The zero-order chi connectivity index (χ0) is 24.5. The van der Waals surface area contributed by atoms with E-state index in [9.17, 15) is 4.79 Å². The number of likely N-dealkylation sites (N-methyl/N-ethyl adjacent to an activating group) is 1. The number of aldehydes is 1.